The molecule has 1 aromatic heterocycles. The van der Waals surface area contributed by atoms with Gasteiger partial charge in [-0.15, -0.1) is 6.58 Å². The first-order valence-electron chi connectivity index (χ1n) is 7.52. The summed E-state index contributed by atoms with van der Waals surface area (Å²) in [7, 11) is 0. The van der Waals surface area contributed by atoms with Crippen LogP contribution in [-0.2, 0) is 12.8 Å². The molecule has 0 saturated carbocycles. The summed E-state index contributed by atoms with van der Waals surface area (Å²) in [6.07, 6.45) is 6.48. The SMILES string of the molecule is C=CC(CO)n1ccc(-c2ccc3c(c2N)CCC3)cc1=O. The third-order valence-corrected chi connectivity index (χ3v) is 4.40. The van der Waals surface area contributed by atoms with E-state index in [1.807, 2.05) is 12.1 Å². The highest BCUT2D eigenvalue weighted by Crippen LogP contribution is 2.34. The molecule has 1 unspecified atom stereocenters. The highest BCUT2D eigenvalue weighted by atomic mass is 16.3. The smallest absolute Gasteiger partial charge is 0.251 e. The van der Waals surface area contributed by atoms with E-state index in [2.05, 4.69) is 12.6 Å². The monoisotopic (exact) mass is 296 g/mol. The van der Waals surface area contributed by atoms with E-state index >= 15 is 0 Å². The molecule has 0 amide bonds. The van der Waals surface area contributed by atoms with E-state index in [0.29, 0.717) is 0 Å². The Morgan fingerprint density at radius 1 is 1.36 bits per heavy atom. The molecule has 22 heavy (non-hydrogen) atoms. The van der Waals surface area contributed by atoms with E-state index in [1.165, 1.54) is 15.7 Å². The van der Waals surface area contributed by atoms with Crippen LogP contribution in [0.3, 0.4) is 0 Å². The van der Waals surface area contributed by atoms with Crippen molar-refractivity contribution in [3.05, 3.63) is 64.6 Å². The lowest BCUT2D eigenvalue weighted by Gasteiger charge is -2.15. The number of rotatable bonds is 4. The minimum Gasteiger partial charge on any atom is -0.398 e. The van der Waals surface area contributed by atoms with Crippen LogP contribution in [0, 0.1) is 0 Å². The van der Waals surface area contributed by atoms with Gasteiger partial charge in [0.15, 0.2) is 0 Å². The van der Waals surface area contributed by atoms with Crippen LogP contribution in [-0.4, -0.2) is 16.3 Å². The molecule has 1 aromatic carbocycles. The minimum atomic E-state index is -0.404. The zero-order chi connectivity index (χ0) is 15.7. The maximum Gasteiger partial charge on any atom is 0.251 e. The fourth-order valence-electron chi connectivity index (χ4n) is 3.15. The quantitative estimate of drug-likeness (QED) is 0.672. The molecule has 0 aliphatic heterocycles. The van der Waals surface area contributed by atoms with Crippen LogP contribution in [0.5, 0.6) is 0 Å². The molecule has 4 heteroatoms. The molecule has 1 aliphatic rings. The minimum absolute atomic E-state index is 0.149. The second kappa shape index (κ2) is 5.81. The molecule has 0 radical (unpaired) electrons. The van der Waals surface area contributed by atoms with Crippen LogP contribution >= 0.6 is 0 Å². The van der Waals surface area contributed by atoms with Gasteiger partial charge in [-0.1, -0.05) is 18.2 Å². The van der Waals surface area contributed by atoms with E-state index in [9.17, 15) is 9.90 Å². The molecule has 1 atom stereocenters. The Hall–Kier alpha value is -2.33. The maximum atomic E-state index is 12.3. The molecule has 0 saturated heterocycles. The molecular weight excluding hydrogens is 276 g/mol. The van der Waals surface area contributed by atoms with Crippen molar-refractivity contribution in [2.75, 3.05) is 12.3 Å². The fourth-order valence-corrected chi connectivity index (χ4v) is 3.15. The van der Waals surface area contributed by atoms with E-state index < -0.39 is 6.04 Å². The van der Waals surface area contributed by atoms with Gasteiger partial charge in [-0.05, 0) is 42.0 Å². The maximum absolute atomic E-state index is 12.3. The Kier molecular flexibility index (Phi) is 3.86. The van der Waals surface area contributed by atoms with Crippen LogP contribution in [0.25, 0.3) is 11.1 Å². The van der Waals surface area contributed by atoms with Gasteiger partial charge in [0.2, 0.25) is 0 Å². The number of fused-ring (bicyclic) bond motifs is 1. The Labute approximate surface area is 129 Å². The highest BCUT2D eigenvalue weighted by molar-refractivity contribution is 5.79. The number of hydrogen-bond donors (Lipinski definition) is 2. The van der Waals surface area contributed by atoms with Gasteiger partial charge >= 0.3 is 0 Å². The lowest BCUT2D eigenvalue weighted by atomic mass is 9.98. The molecule has 3 rings (SSSR count). The van der Waals surface area contributed by atoms with Crippen LogP contribution in [0.15, 0.2) is 47.9 Å². The summed E-state index contributed by atoms with van der Waals surface area (Å²) < 4.78 is 1.47. The number of hydrogen-bond acceptors (Lipinski definition) is 3. The predicted molar refractivity (Wildman–Crippen MR) is 88.9 cm³/mol. The van der Waals surface area contributed by atoms with Crippen molar-refractivity contribution < 1.29 is 5.11 Å². The molecule has 0 spiro atoms. The zero-order valence-electron chi connectivity index (χ0n) is 12.5. The Morgan fingerprint density at radius 3 is 2.86 bits per heavy atom. The number of aromatic nitrogens is 1. The third kappa shape index (κ3) is 2.35. The zero-order valence-corrected chi connectivity index (χ0v) is 12.5. The van der Waals surface area contributed by atoms with Crippen molar-refractivity contribution in [2.45, 2.75) is 25.3 Å². The van der Waals surface area contributed by atoms with Crippen LogP contribution in [0.2, 0.25) is 0 Å². The van der Waals surface area contributed by atoms with Gasteiger partial charge in [-0.3, -0.25) is 4.79 Å². The summed E-state index contributed by atoms with van der Waals surface area (Å²) in [5.41, 5.74) is 11.2. The summed E-state index contributed by atoms with van der Waals surface area (Å²) in [5, 5.41) is 9.29. The fraction of sp³-hybridized carbons (Fsp3) is 0.278. The molecule has 2 aromatic rings. The summed E-state index contributed by atoms with van der Waals surface area (Å²) in [6.45, 7) is 3.49. The van der Waals surface area contributed by atoms with Gasteiger partial charge in [-0.25, -0.2) is 0 Å². The van der Waals surface area contributed by atoms with Gasteiger partial charge in [-0.2, -0.15) is 0 Å². The molecule has 1 heterocycles. The van der Waals surface area contributed by atoms with Crippen molar-refractivity contribution in [2.24, 2.45) is 0 Å². The lowest BCUT2D eigenvalue weighted by molar-refractivity contribution is 0.251. The first-order chi connectivity index (χ1) is 10.7. The van der Waals surface area contributed by atoms with Crippen LogP contribution in [0.1, 0.15) is 23.6 Å². The van der Waals surface area contributed by atoms with Crippen LogP contribution < -0.4 is 11.3 Å². The molecule has 0 fully saturated rings. The Morgan fingerprint density at radius 2 is 2.18 bits per heavy atom. The highest BCUT2D eigenvalue weighted by Gasteiger charge is 2.17. The van der Waals surface area contributed by atoms with Gasteiger partial charge in [0.05, 0.1) is 12.6 Å². The van der Waals surface area contributed by atoms with Gasteiger partial charge in [0.1, 0.15) is 0 Å². The lowest BCUT2D eigenvalue weighted by Crippen LogP contribution is -2.24. The van der Waals surface area contributed by atoms with E-state index in [-0.39, 0.29) is 12.2 Å². The second-order valence-corrected chi connectivity index (χ2v) is 5.66. The first-order valence-corrected chi connectivity index (χ1v) is 7.52. The molecular formula is C18H20N2O2. The molecule has 0 bridgehead atoms. The average Bonchev–Trinajstić information content (AvgIpc) is 3.00. The topological polar surface area (TPSA) is 68.2 Å². The van der Waals surface area contributed by atoms with Crippen LogP contribution in [0.4, 0.5) is 5.69 Å². The molecule has 3 N–H and O–H groups in total. The van der Waals surface area contributed by atoms with Gasteiger partial charge in [0.25, 0.3) is 5.56 Å². The van der Waals surface area contributed by atoms with Crippen molar-refractivity contribution in [1.29, 1.82) is 0 Å². The standard InChI is InChI=1S/C18H20N2O2/c1-2-14(11-21)20-9-8-13(10-17(20)22)16-7-6-12-4-3-5-15(12)18(16)19/h2,6-10,14,21H,1,3-5,11,19H2. The Balaban J connectivity index is 2.05. The van der Waals surface area contributed by atoms with Crippen molar-refractivity contribution in [3.63, 3.8) is 0 Å². The van der Waals surface area contributed by atoms with E-state index in [0.717, 1.165) is 36.1 Å². The van der Waals surface area contributed by atoms with Crippen molar-refractivity contribution in [3.8, 4) is 11.1 Å². The number of aryl methyl sites for hydroxylation is 1. The number of aliphatic hydroxyl groups excluding tert-OH is 1. The number of nitrogens with two attached hydrogens (primary N) is 1. The molecule has 114 valence electrons. The van der Waals surface area contributed by atoms with Crippen molar-refractivity contribution in [1.82, 2.24) is 4.57 Å². The number of pyridine rings is 1. The summed E-state index contributed by atoms with van der Waals surface area (Å²) in [6, 6.07) is 7.13. The molecule has 4 nitrogen and oxygen atoms in total. The normalized spacial score (nSPS) is 14.6. The van der Waals surface area contributed by atoms with Gasteiger partial charge < -0.3 is 15.4 Å². The van der Waals surface area contributed by atoms with E-state index in [1.54, 1.807) is 18.3 Å². The number of benzene rings is 1. The predicted octanol–water partition coefficient (Wildman–Crippen LogP) is 2.31. The average molecular weight is 296 g/mol. The number of anilines is 1. The third-order valence-electron chi connectivity index (χ3n) is 4.40. The number of aliphatic hydroxyl groups is 1. The largest absolute Gasteiger partial charge is 0.398 e. The van der Waals surface area contributed by atoms with E-state index in [4.69, 9.17) is 5.73 Å². The van der Waals surface area contributed by atoms with Gasteiger partial charge in [0, 0.05) is 23.5 Å². The van der Waals surface area contributed by atoms with Crippen molar-refractivity contribution >= 4 is 5.69 Å². The summed E-state index contributed by atoms with van der Waals surface area (Å²) in [4.78, 5) is 12.3. The first kappa shape index (κ1) is 14.6. The number of nitrogen functional groups attached to an aromatic ring is 1. The second-order valence-electron chi connectivity index (χ2n) is 5.66. The number of nitrogens with zero attached hydrogens (tertiary/aromatic N) is 1. The summed E-state index contributed by atoms with van der Waals surface area (Å²) in [5.74, 6) is 0. The Bertz CT molecular complexity index is 777. The summed E-state index contributed by atoms with van der Waals surface area (Å²) >= 11 is 0. The molecule has 1 aliphatic carbocycles.